The maximum Gasteiger partial charge on any atom is 0.308 e. The van der Waals surface area contributed by atoms with Crippen LogP contribution in [0.5, 0.6) is 0 Å². The van der Waals surface area contributed by atoms with Gasteiger partial charge in [0.25, 0.3) is 0 Å². The summed E-state index contributed by atoms with van der Waals surface area (Å²) in [6.45, 7) is 7.60. The highest BCUT2D eigenvalue weighted by molar-refractivity contribution is 5.71. The highest BCUT2D eigenvalue weighted by atomic mass is 16.6. The number of ether oxygens (including phenoxy) is 1. The van der Waals surface area contributed by atoms with Crippen LogP contribution < -0.4 is 0 Å². The van der Waals surface area contributed by atoms with Crippen molar-refractivity contribution in [2.24, 2.45) is 5.92 Å². The Morgan fingerprint density at radius 3 is 2.27 bits per heavy atom. The molecule has 0 fully saturated rings. The number of carbonyl (C=O) groups is 1. The molecule has 0 radical (unpaired) electrons. The van der Waals surface area contributed by atoms with Gasteiger partial charge in [0.1, 0.15) is 0 Å². The van der Waals surface area contributed by atoms with Crippen molar-refractivity contribution in [3.8, 4) is 0 Å². The zero-order valence-corrected chi connectivity index (χ0v) is 14.0. The number of rotatable bonds is 7. The van der Waals surface area contributed by atoms with Gasteiger partial charge < -0.3 is 14.9 Å². The number of hydrogen-bond donors (Lipinski definition) is 2. The summed E-state index contributed by atoms with van der Waals surface area (Å²) < 4.78 is 5.45. The molecule has 5 heteroatoms. The highest BCUT2D eigenvalue weighted by Gasteiger charge is 2.30. The number of carboxylic acids is 1. The van der Waals surface area contributed by atoms with E-state index in [4.69, 9.17) is 4.74 Å². The van der Waals surface area contributed by atoms with Crippen LogP contribution >= 0.6 is 0 Å². The maximum atomic E-state index is 11.6. The lowest BCUT2D eigenvalue weighted by molar-refractivity contribution is -0.235. The van der Waals surface area contributed by atoms with E-state index in [1.807, 2.05) is 58.0 Å². The summed E-state index contributed by atoms with van der Waals surface area (Å²) in [4.78, 5) is 13.1. The van der Waals surface area contributed by atoms with E-state index in [0.717, 1.165) is 5.56 Å². The molecule has 0 aliphatic rings. The molecule has 0 spiro atoms. The van der Waals surface area contributed by atoms with Crippen molar-refractivity contribution < 1.29 is 19.7 Å². The van der Waals surface area contributed by atoms with E-state index >= 15 is 0 Å². The second kappa shape index (κ2) is 7.72. The molecule has 0 bridgehead atoms. The number of benzene rings is 1. The van der Waals surface area contributed by atoms with E-state index in [0.29, 0.717) is 0 Å². The van der Waals surface area contributed by atoms with Gasteiger partial charge >= 0.3 is 5.97 Å². The van der Waals surface area contributed by atoms with Gasteiger partial charge in [0, 0.05) is 6.54 Å². The first kappa shape index (κ1) is 18.6. The summed E-state index contributed by atoms with van der Waals surface area (Å²) in [5.74, 6) is -1.68. The van der Waals surface area contributed by atoms with E-state index in [2.05, 4.69) is 0 Å². The van der Waals surface area contributed by atoms with Gasteiger partial charge in [-0.3, -0.25) is 9.69 Å². The molecule has 5 nitrogen and oxygen atoms in total. The Labute approximate surface area is 132 Å². The molecule has 0 saturated carbocycles. The molecule has 1 unspecified atom stereocenters. The third kappa shape index (κ3) is 5.75. The van der Waals surface area contributed by atoms with Gasteiger partial charge in [0.05, 0.1) is 11.5 Å². The van der Waals surface area contributed by atoms with E-state index in [-0.39, 0.29) is 12.5 Å². The van der Waals surface area contributed by atoms with Crippen LogP contribution in [0.4, 0.5) is 0 Å². The Kier molecular flexibility index (Phi) is 6.53. The summed E-state index contributed by atoms with van der Waals surface area (Å²) in [7, 11) is 1.66. The Bertz CT molecular complexity index is 469. The summed E-state index contributed by atoms with van der Waals surface area (Å²) in [5.41, 5.74) is 0.465. The van der Waals surface area contributed by atoms with Crippen molar-refractivity contribution in [2.45, 2.75) is 45.6 Å². The Morgan fingerprint density at radius 1 is 1.27 bits per heavy atom. The molecular formula is C17H27NO4. The molecule has 3 atom stereocenters. The normalized spacial score (nSPS) is 16.3. The molecule has 1 aromatic carbocycles. The second-order valence-corrected chi connectivity index (χ2v) is 6.64. The summed E-state index contributed by atoms with van der Waals surface area (Å²) in [6.07, 6.45) is -1.13. The van der Waals surface area contributed by atoms with E-state index in [9.17, 15) is 15.0 Å². The molecule has 124 valence electrons. The van der Waals surface area contributed by atoms with Gasteiger partial charge in [-0.1, -0.05) is 37.3 Å². The first-order chi connectivity index (χ1) is 10.1. The third-order valence-corrected chi connectivity index (χ3v) is 3.57. The van der Waals surface area contributed by atoms with Gasteiger partial charge in [-0.15, -0.1) is 0 Å². The van der Waals surface area contributed by atoms with Crippen molar-refractivity contribution in [1.29, 1.82) is 0 Å². The zero-order chi connectivity index (χ0) is 16.9. The van der Waals surface area contributed by atoms with Gasteiger partial charge in [0.2, 0.25) is 6.41 Å². The minimum absolute atomic E-state index is 0.164. The van der Waals surface area contributed by atoms with Crippen LogP contribution in [-0.4, -0.2) is 46.7 Å². The fraction of sp³-hybridized carbons (Fsp3) is 0.588. The molecular weight excluding hydrogens is 282 g/mol. The van der Waals surface area contributed by atoms with Crippen molar-refractivity contribution in [2.75, 3.05) is 13.6 Å². The van der Waals surface area contributed by atoms with Crippen molar-refractivity contribution in [1.82, 2.24) is 4.90 Å². The lowest BCUT2D eigenvalue weighted by Gasteiger charge is -2.32. The minimum Gasteiger partial charge on any atom is -0.481 e. The quantitative estimate of drug-likeness (QED) is 0.757. The van der Waals surface area contributed by atoms with Crippen LogP contribution in [0, 0.1) is 5.92 Å². The molecule has 0 aliphatic carbocycles. The predicted molar refractivity (Wildman–Crippen MR) is 85.5 cm³/mol. The summed E-state index contributed by atoms with van der Waals surface area (Å²) in [5, 5.41) is 19.6. The van der Waals surface area contributed by atoms with Crippen LogP contribution in [-0.2, 0) is 9.53 Å². The monoisotopic (exact) mass is 309 g/mol. The first-order valence-corrected chi connectivity index (χ1v) is 7.45. The van der Waals surface area contributed by atoms with Crippen LogP contribution in [0.15, 0.2) is 30.3 Å². The van der Waals surface area contributed by atoms with Crippen molar-refractivity contribution in [3.05, 3.63) is 35.9 Å². The number of nitrogens with zero attached hydrogens (tertiary/aromatic N) is 1. The number of aliphatic carboxylic acids is 1. The predicted octanol–water partition coefficient (Wildman–Crippen LogP) is 2.51. The second-order valence-electron chi connectivity index (χ2n) is 6.64. The van der Waals surface area contributed by atoms with Gasteiger partial charge in [-0.25, -0.2) is 0 Å². The molecule has 1 aromatic rings. The third-order valence-electron chi connectivity index (χ3n) is 3.57. The number of aliphatic hydroxyl groups is 1. The van der Waals surface area contributed by atoms with Crippen LogP contribution in [0.1, 0.15) is 39.2 Å². The lowest BCUT2D eigenvalue weighted by atomic mass is 9.87. The Hall–Kier alpha value is -1.43. The zero-order valence-electron chi connectivity index (χ0n) is 14.0. The lowest BCUT2D eigenvalue weighted by Crippen LogP contribution is -2.43. The molecule has 0 amide bonds. The van der Waals surface area contributed by atoms with Crippen molar-refractivity contribution in [3.63, 3.8) is 0 Å². The number of carboxylic acid groups (broad SMARTS) is 1. The summed E-state index contributed by atoms with van der Waals surface area (Å²) >= 11 is 0. The van der Waals surface area contributed by atoms with Gasteiger partial charge in [-0.05, 0) is 39.3 Å². The smallest absolute Gasteiger partial charge is 0.308 e. The standard InChI is InChI=1S/C17H27NO4/c1-12(13-9-7-6-8-10-13)14(15(19)20)11-18(5)16(21)22-17(2,3)4/h6-10,12,14,16,21H,11H2,1-5H3,(H,19,20)/t12-,14+,16?/m0/s1. The van der Waals surface area contributed by atoms with E-state index in [1.165, 1.54) is 4.90 Å². The minimum atomic E-state index is -1.13. The van der Waals surface area contributed by atoms with Gasteiger partial charge in [-0.2, -0.15) is 0 Å². The SMILES string of the molecule is C[C@@H](c1ccccc1)[C@@H](CN(C)C(O)OC(C)(C)C)C(=O)O. The molecule has 0 saturated heterocycles. The Balaban J connectivity index is 2.78. The average molecular weight is 309 g/mol. The molecule has 2 N–H and O–H groups in total. The Morgan fingerprint density at radius 2 is 1.82 bits per heavy atom. The fourth-order valence-electron chi connectivity index (χ4n) is 2.25. The first-order valence-electron chi connectivity index (χ1n) is 7.45. The topological polar surface area (TPSA) is 70.0 Å². The maximum absolute atomic E-state index is 11.6. The number of hydrogen-bond acceptors (Lipinski definition) is 4. The van der Waals surface area contributed by atoms with Gasteiger partial charge in [0.15, 0.2) is 0 Å². The average Bonchev–Trinajstić information content (AvgIpc) is 2.42. The molecule has 22 heavy (non-hydrogen) atoms. The largest absolute Gasteiger partial charge is 0.481 e. The molecule has 0 aliphatic heterocycles. The molecule has 1 rings (SSSR count). The highest BCUT2D eigenvalue weighted by Crippen LogP contribution is 2.26. The summed E-state index contributed by atoms with van der Waals surface area (Å²) in [6, 6.07) is 9.53. The van der Waals surface area contributed by atoms with E-state index < -0.39 is 23.9 Å². The number of aliphatic hydroxyl groups excluding tert-OH is 1. The van der Waals surface area contributed by atoms with Crippen LogP contribution in [0.3, 0.4) is 0 Å². The van der Waals surface area contributed by atoms with Crippen LogP contribution in [0.25, 0.3) is 0 Å². The van der Waals surface area contributed by atoms with Crippen LogP contribution in [0.2, 0.25) is 0 Å². The van der Waals surface area contributed by atoms with E-state index in [1.54, 1.807) is 7.05 Å². The van der Waals surface area contributed by atoms with Crippen molar-refractivity contribution >= 4 is 5.97 Å². The fourth-order valence-corrected chi connectivity index (χ4v) is 2.25. The molecule has 0 aromatic heterocycles. The molecule has 0 heterocycles.